The second kappa shape index (κ2) is 8.53. The third-order valence-corrected chi connectivity index (χ3v) is 4.61. The van der Waals surface area contributed by atoms with Gasteiger partial charge in [0.25, 0.3) is 0 Å². The molecule has 0 spiro atoms. The van der Waals surface area contributed by atoms with Gasteiger partial charge in [0.2, 0.25) is 5.91 Å². The average Bonchev–Trinajstić information content (AvgIpc) is 2.87. The van der Waals surface area contributed by atoms with E-state index in [0.717, 1.165) is 17.9 Å². The number of benzene rings is 1. The Hall–Kier alpha value is -2.08. The first-order valence-electron chi connectivity index (χ1n) is 7.76. The number of aromatic nitrogens is 1. The number of amides is 1. The Morgan fingerprint density at radius 3 is 2.70 bits per heavy atom. The van der Waals surface area contributed by atoms with E-state index < -0.39 is 0 Å². The molecule has 0 bridgehead atoms. The molecule has 0 atom stereocenters. The fourth-order valence-electron chi connectivity index (χ4n) is 2.34. The number of para-hydroxylation sites is 1. The number of nitrogens with one attached hydrogen (secondary N) is 1. The smallest absolute Gasteiger partial charge is 0.307 e. The quantitative estimate of drug-likeness (QED) is 0.806. The molecule has 1 N–H and O–H groups in total. The van der Waals surface area contributed by atoms with Gasteiger partial charge in [0, 0.05) is 49.9 Å². The molecule has 0 aliphatic carbocycles. The van der Waals surface area contributed by atoms with Crippen molar-refractivity contribution in [1.82, 2.24) is 9.88 Å². The average molecular weight is 333 g/mol. The highest BCUT2D eigenvalue weighted by Gasteiger charge is 2.06. The summed E-state index contributed by atoms with van der Waals surface area (Å²) >= 11 is 1.21. The molecule has 0 unspecified atom stereocenters. The minimum Gasteiger partial charge on any atom is -0.373 e. The molecule has 0 aliphatic rings. The van der Waals surface area contributed by atoms with E-state index in [2.05, 4.69) is 10.2 Å². The predicted molar refractivity (Wildman–Crippen MR) is 95.3 cm³/mol. The van der Waals surface area contributed by atoms with Crippen molar-refractivity contribution in [2.75, 3.05) is 25.0 Å². The summed E-state index contributed by atoms with van der Waals surface area (Å²) in [5, 5.41) is 4.78. The highest BCUT2D eigenvalue weighted by molar-refractivity contribution is 7.07. The zero-order valence-corrected chi connectivity index (χ0v) is 14.4. The molecule has 0 radical (unpaired) electrons. The number of carbonyl (C=O) groups excluding carboxylic acids is 1. The van der Waals surface area contributed by atoms with Crippen molar-refractivity contribution in [2.24, 2.45) is 0 Å². The summed E-state index contributed by atoms with van der Waals surface area (Å²) in [6.45, 7) is 3.89. The van der Waals surface area contributed by atoms with Crippen molar-refractivity contribution in [3.63, 3.8) is 0 Å². The molecular weight excluding hydrogens is 310 g/mol. The summed E-state index contributed by atoms with van der Waals surface area (Å²) in [6, 6.07) is 10.1. The molecule has 1 amide bonds. The Labute approximate surface area is 140 Å². The normalized spacial score (nSPS) is 10.5. The van der Waals surface area contributed by atoms with E-state index in [4.69, 9.17) is 0 Å². The van der Waals surface area contributed by atoms with Crippen LogP contribution < -0.4 is 15.1 Å². The van der Waals surface area contributed by atoms with Crippen LogP contribution in [0.2, 0.25) is 0 Å². The van der Waals surface area contributed by atoms with E-state index in [0.29, 0.717) is 25.9 Å². The highest BCUT2D eigenvalue weighted by atomic mass is 32.1. The van der Waals surface area contributed by atoms with Gasteiger partial charge in [-0.25, -0.2) is 0 Å². The number of nitrogens with zero attached hydrogens (tertiary/aromatic N) is 2. The van der Waals surface area contributed by atoms with Crippen molar-refractivity contribution >= 4 is 22.9 Å². The maximum absolute atomic E-state index is 11.8. The molecule has 2 rings (SSSR count). The molecule has 1 aromatic carbocycles. The van der Waals surface area contributed by atoms with Gasteiger partial charge in [-0.1, -0.05) is 29.5 Å². The van der Waals surface area contributed by atoms with Crippen LogP contribution in [0.15, 0.2) is 40.5 Å². The number of hydrogen-bond acceptors (Lipinski definition) is 4. The molecule has 1 heterocycles. The molecule has 0 saturated heterocycles. The van der Waals surface area contributed by atoms with Gasteiger partial charge in [-0.15, -0.1) is 0 Å². The minimum atomic E-state index is 0.0346. The molecular formula is C17H23N3O2S. The van der Waals surface area contributed by atoms with E-state index in [1.807, 2.05) is 49.7 Å². The van der Waals surface area contributed by atoms with Crippen LogP contribution in [0, 0.1) is 6.92 Å². The maximum Gasteiger partial charge on any atom is 0.307 e. The number of aryl methyl sites for hydroxylation is 1. The first-order valence-corrected chi connectivity index (χ1v) is 8.63. The van der Waals surface area contributed by atoms with Gasteiger partial charge in [0.1, 0.15) is 0 Å². The lowest BCUT2D eigenvalue weighted by Gasteiger charge is -2.19. The Morgan fingerprint density at radius 1 is 1.30 bits per heavy atom. The van der Waals surface area contributed by atoms with Crippen molar-refractivity contribution < 1.29 is 4.79 Å². The molecule has 1 aromatic heterocycles. The second-order valence-corrected chi connectivity index (χ2v) is 6.33. The fourth-order valence-corrected chi connectivity index (χ4v) is 3.10. The molecule has 124 valence electrons. The lowest BCUT2D eigenvalue weighted by atomic mass is 10.3. The zero-order valence-electron chi connectivity index (χ0n) is 13.6. The third kappa shape index (κ3) is 5.25. The summed E-state index contributed by atoms with van der Waals surface area (Å²) in [7, 11) is 2.01. The van der Waals surface area contributed by atoms with Gasteiger partial charge >= 0.3 is 4.87 Å². The van der Waals surface area contributed by atoms with E-state index in [-0.39, 0.29) is 10.8 Å². The largest absolute Gasteiger partial charge is 0.373 e. The standard InChI is InChI=1S/C17H23N3O2S/c1-14-13-23-17(22)20(14)11-6-9-16(21)18-10-12-19(2)15-7-4-3-5-8-15/h3-5,7-8,13H,6,9-12H2,1-2H3,(H,18,21). The highest BCUT2D eigenvalue weighted by Crippen LogP contribution is 2.09. The summed E-state index contributed by atoms with van der Waals surface area (Å²) in [5.74, 6) is 0.0346. The van der Waals surface area contributed by atoms with E-state index in [1.165, 1.54) is 11.3 Å². The monoisotopic (exact) mass is 333 g/mol. The van der Waals surface area contributed by atoms with Crippen LogP contribution in [-0.2, 0) is 11.3 Å². The van der Waals surface area contributed by atoms with Crippen LogP contribution in [-0.4, -0.2) is 30.6 Å². The Morgan fingerprint density at radius 2 is 2.04 bits per heavy atom. The number of hydrogen-bond donors (Lipinski definition) is 1. The molecule has 23 heavy (non-hydrogen) atoms. The summed E-state index contributed by atoms with van der Waals surface area (Å²) in [5.41, 5.74) is 2.10. The van der Waals surface area contributed by atoms with E-state index >= 15 is 0 Å². The van der Waals surface area contributed by atoms with Gasteiger partial charge in [0.05, 0.1) is 0 Å². The summed E-state index contributed by atoms with van der Waals surface area (Å²) in [4.78, 5) is 25.6. The summed E-state index contributed by atoms with van der Waals surface area (Å²) < 4.78 is 1.72. The molecule has 2 aromatic rings. The SMILES string of the molecule is Cc1csc(=O)n1CCCC(=O)NCCN(C)c1ccccc1. The van der Waals surface area contributed by atoms with Crippen LogP contribution in [0.25, 0.3) is 0 Å². The lowest BCUT2D eigenvalue weighted by molar-refractivity contribution is -0.121. The Bertz CT molecular complexity index is 679. The first kappa shape index (κ1) is 17.3. The molecule has 0 saturated carbocycles. The third-order valence-electron chi connectivity index (χ3n) is 3.73. The Kier molecular flexibility index (Phi) is 6.40. The fraction of sp³-hybridized carbons (Fsp3) is 0.412. The van der Waals surface area contributed by atoms with Gasteiger partial charge in [-0.2, -0.15) is 0 Å². The minimum absolute atomic E-state index is 0.0346. The molecule has 0 aliphatic heterocycles. The molecule has 0 fully saturated rings. The van der Waals surface area contributed by atoms with Gasteiger partial charge in [-0.3, -0.25) is 9.59 Å². The van der Waals surface area contributed by atoms with Crippen molar-refractivity contribution in [3.05, 3.63) is 51.1 Å². The van der Waals surface area contributed by atoms with Crippen LogP contribution in [0.3, 0.4) is 0 Å². The predicted octanol–water partition coefficient (Wildman–Crippen LogP) is 2.25. The van der Waals surface area contributed by atoms with Crippen LogP contribution in [0.5, 0.6) is 0 Å². The molecule has 6 heteroatoms. The van der Waals surface area contributed by atoms with Crippen LogP contribution in [0.4, 0.5) is 5.69 Å². The number of likely N-dealkylation sites (N-methyl/N-ethyl adjacent to an activating group) is 1. The number of rotatable bonds is 8. The molecule has 5 nitrogen and oxygen atoms in total. The number of thiazole rings is 1. The lowest BCUT2D eigenvalue weighted by Crippen LogP contribution is -2.33. The van der Waals surface area contributed by atoms with Crippen LogP contribution >= 0.6 is 11.3 Å². The topological polar surface area (TPSA) is 54.3 Å². The maximum atomic E-state index is 11.8. The second-order valence-electron chi connectivity index (χ2n) is 5.51. The van der Waals surface area contributed by atoms with E-state index in [9.17, 15) is 9.59 Å². The van der Waals surface area contributed by atoms with Crippen molar-refractivity contribution in [1.29, 1.82) is 0 Å². The van der Waals surface area contributed by atoms with Crippen molar-refractivity contribution in [2.45, 2.75) is 26.3 Å². The Balaban J connectivity index is 1.65. The summed E-state index contributed by atoms with van der Waals surface area (Å²) in [6.07, 6.45) is 1.12. The zero-order chi connectivity index (χ0) is 16.7. The number of carbonyl (C=O) groups is 1. The van der Waals surface area contributed by atoms with E-state index in [1.54, 1.807) is 4.57 Å². The number of anilines is 1. The van der Waals surface area contributed by atoms with Crippen LogP contribution in [0.1, 0.15) is 18.5 Å². The van der Waals surface area contributed by atoms with Gasteiger partial charge in [-0.05, 0) is 25.5 Å². The van der Waals surface area contributed by atoms with Crippen molar-refractivity contribution in [3.8, 4) is 0 Å². The van der Waals surface area contributed by atoms with Gasteiger partial charge < -0.3 is 14.8 Å². The first-order chi connectivity index (χ1) is 11.1. The van der Waals surface area contributed by atoms with Gasteiger partial charge in [0.15, 0.2) is 0 Å².